The van der Waals surface area contributed by atoms with E-state index in [1.807, 2.05) is 25.1 Å². The second kappa shape index (κ2) is 19.6. The van der Waals surface area contributed by atoms with Crippen molar-refractivity contribution in [3.8, 4) is 0 Å². The zero-order valence-corrected chi connectivity index (χ0v) is 31.0. The highest BCUT2D eigenvalue weighted by atomic mass is 16.4. The van der Waals surface area contributed by atoms with Crippen molar-refractivity contribution < 1.29 is 43.8 Å². The van der Waals surface area contributed by atoms with E-state index in [0.717, 1.165) is 5.56 Å². The van der Waals surface area contributed by atoms with Gasteiger partial charge in [-0.25, -0.2) is 9.59 Å². The van der Waals surface area contributed by atoms with Crippen LogP contribution in [-0.2, 0) is 35.2 Å². The summed E-state index contributed by atoms with van der Waals surface area (Å²) in [5.74, 6) is -5.86. The van der Waals surface area contributed by atoms with Gasteiger partial charge in [0, 0.05) is 43.1 Å². The summed E-state index contributed by atoms with van der Waals surface area (Å²) in [6.07, 6.45) is 0.792. The molecule has 4 amide bonds. The van der Waals surface area contributed by atoms with Crippen LogP contribution in [0.3, 0.4) is 0 Å². The fraction of sp³-hybridized carbons (Fsp3) is 0.513. The monoisotopic (exact) mass is 735 g/mol. The molecule has 0 aliphatic carbocycles. The maximum Gasteiger partial charge on any atom is 0.326 e. The summed E-state index contributed by atoms with van der Waals surface area (Å²) in [5, 5.41) is 27.4. The number of carboxylic acid groups (broad SMARTS) is 2. The molecular formula is C39H53N5O9. The maximum absolute atomic E-state index is 13.9. The summed E-state index contributed by atoms with van der Waals surface area (Å²) in [6, 6.07) is 11.2. The number of urea groups is 1. The summed E-state index contributed by atoms with van der Waals surface area (Å²) in [4.78, 5) is 91.8. The number of nitrogens with zero attached hydrogens (tertiary/aromatic N) is 1. The minimum atomic E-state index is -1.48. The number of amides is 4. The number of nitrogens with two attached hydrogens (primary N) is 1. The molecule has 1 aliphatic heterocycles. The van der Waals surface area contributed by atoms with E-state index in [0.29, 0.717) is 49.2 Å². The number of ketones is 2. The topological polar surface area (TPSA) is 225 Å². The zero-order chi connectivity index (χ0) is 39.3. The Labute approximate surface area is 310 Å². The minimum absolute atomic E-state index is 0.0149. The predicted molar refractivity (Wildman–Crippen MR) is 199 cm³/mol. The van der Waals surface area contributed by atoms with Gasteiger partial charge in [-0.15, -0.1) is 0 Å². The Morgan fingerprint density at radius 2 is 1.62 bits per heavy atom. The van der Waals surface area contributed by atoms with Gasteiger partial charge in [0.05, 0.1) is 17.9 Å². The molecule has 0 spiro atoms. The van der Waals surface area contributed by atoms with Gasteiger partial charge in [-0.05, 0) is 74.4 Å². The van der Waals surface area contributed by atoms with Crippen molar-refractivity contribution in [3.63, 3.8) is 0 Å². The molecule has 1 aliphatic rings. The fourth-order valence-electron chi connectivity index (χ4n) is 6.59. The van der Waals surface area contributed by atoms with Crippen LogP contribution in [0.5, 0.6) is 0 Å². The standard InChI is InChI=1S/C39H53N5O9/c1-24(2)29(35(49)44-19-9-12-32(44)36(50)51)21-33(46)31(22-34(47)48)42-37(52)39(4,17-7-8-18-40)23-28(45)20-26-13-15-27(16-14-26)41-38(53)43-30-11-6-5-10-25(30)3/h5-6,10-11,13-16,24,29,31-32H,7-9,12,17-23,40H2,1-4H3,(H,42,52)(H,47,48)(H,50,51)(H2,41,43,53)/t29-,31-,32-,39+/m0/s1. The SMILES string of the molecule is Cc1ccccc1NC(=O)Nc1ccc(CC(=O)C[C@@](C)(CCCCN)C(=O)N[C@@H](CC(=O)O)C(=O)C[C@H](C(=O)N2CCC[C@H]2C(=O)O)C(C)C)cc1. The van der Waals surface area contributed by atoms with Crippen molar-refractivity contribution in [2.75, 3.05) is 23.7 Å². The molecule has 53 heavy (non-hydrogen) atoms. The number of nitrogens with one attached hydrogen (secondary N) is 3. The molecule has 0 radical (unpaired) electrons. The van der Waals surface area contributed by atoms with Crippen molar-refractivity contribution in [1.82, 2.24) is 10.2 Å². The summed E-state index contributed by atoms with van der Waals surface area (Å²) in [7, 11) is 0. The number of anilines is 2. The highest BCUT2D eigenvalue weighted by Gasteiger charge is 2.41. The Morgan fingerprint density at radius 1 is 0.943 bits per heavy atom. The number of hydrogen-bond donors (Lipinski definition) is 6. The van der Waals surface area contributed by atoms with Gasteiger partial charge >= 0.3 is 18.0 Å². The van der Waals surface area contributed by atoms with Gasteiger partial charge in [0.2, 0.25) is 11.8 Å². The van der Waals surface area contributed by atoms with Crippen LogP contribution in [0, 0.1) is 24.2 Å². The molecule has 4 atom stereocenters. The predicted octanol–water partition coefficient (Wildman–Crippen LogP) is 4.54. The van der Waals surface area contributed by atoms with Crippen LogP contribution >= 0.6 is 0 Å². The molecule has 2 aromatic carbocycles. The molecule has 0 bridgehead atoms. The smallest absolute Gasteiger partial charge is 0.326 e. The lowest BCUT2D eigenvalue weighted by Gasteiger charge is -2.31. The summed E-state index contributed by atoms with van der Waals surface area (Å²) in [5.41, 5.74) is 7.13. The van der Waals surface area contributed by atoms with E-state index in [9.17, 15) is 43.8 Å². The highest BCUT2D eigenvalue weighted by molar-refractivity contribution is 6.00. The number of unbranched alkanes of at least 4 members (excludes halogenated alkanes) is 1. The van der Waals surface area contributed by atoms with E-state index >= 15 is 0 Å². The molecule has 288 valence electrons. The van der Waals surface area contributed by atoms with Gasteiger partial charge in [-0.2, -0.15) is 0 Å². The van der Waals surface area contributed by atoms with Crippen molar-refractivity contribution >= 4 is 52.7 Å². The molecule has 1 fully saturated rings. The number of likely N-dealkylation sites (tertiary alicyclic amines) is 1. The van der Waals surface area contributed by atoms with E-state index < -0.39 is 71.8 Å². The number of carbonyl (C=O) groups excluding carboxylic acids is 5. The van der Waals surface area contributed by atoms with Crippen LogP contribution in [0.1, 0.15) is 83.3 Å². The highest BCUT2D eigenvalue weighted by Crippen LogP contribution is 2.31. The number of Topliss-reactive ketones (excluding diaryl/α,β-unsaturated/α-hetero) is 2. The molecule has 2 aromatic rings. The van der Waals surface area contributed by atoms with Crippen LogP contribution in [0.15, 0.2) is 48.5 Å². The number of hydrogen-bond acceptors (Lipinski definition) is 8. The first-order valence-electron chi connectivity index (χ1n) is 18.1. The van der Waals surface area contributed by atoms with Gasteiger partial charge in [-0.1, -0.05) is 57.5 Å². The van der Waals surface area contributed by atoms with Crippen LogP contribution in [-0.4, -0.2) is 81.6 Å². The first-order chi connectivity index (χ1) is 25.0. The molecule has 14 nitrogen and oxygen atoms in total. The van der Waals surface area contributed by atoms with E-state index in [1.165, 1.54) is 4.90 Å². The van der Waals surface area contributed by atoms with Crippen molar-refractivity contribution in [3.05, 3.63) is 59.7 Å². The second-order valence-corrected chi connectivity index (χ2v) is 14.5. The van der Waals surface area contributed by atoms with E-state index in [1.54, 1.807) is 51.1 Å². The third kappa shape index (κ3) is 12.5. The molecule has 0 aromatic heterocycles. The Balaban J connectivity index is 1.70. The fourth-order valence-corrected chi connectivity index (χ4v) is 6.59. The van der Waals surface area contributed by atoms with Gasteiger partial charge < -0.3 is 36.8 Å². The average molecular weight is 736 g/mol. The summed E-state index contributed by atoms with van der Waals surface area (Å²) in [6.45, 7) is 7.52. The molecule has 3 rings (SSSR count). The number of benzene rings is 2. The van der Waals surface area contributed by atoms with E-state index in [-0.39, 0.29) is 37.5 Å². The third-order valence-corrected chi connectivity index (χ3v) is 9.76. The molecule has 1 saturated heterocycles. The lowest BCUT2D eigenvalue weighted by Crippen LogP contribution is -2.50. The molecule has 0 unspecified atom stereocenters. The number of aryl methyl sites for hydroxylation is 1. The number of aliphatic carboxylic acids is 2. The lowest BCUT2D eigenvalue weighted by molar-refractivity contribution is -0.151. The Kier molecular flexibility index (Phi) is 15.7. The van der Waals surface area contributed by atoms with Crippen LogP contribution < -0.4 is 21.7 Å². The van der Waals surface area contributed by atoms with Gasteiger partial charge in [0.1, 0.15) is 11.8 Å². The summed E-state index contributed by atoms with van der Waals surface area (Å²) < 4.78 is 0. The lowest BCUT2D eigenvalue weighted by atomic mass is 9.78. The van der Waals surface area contributed by atoms with Crippen molar-refractivity contribution in [1.29, 1.82) is 0 Å². The van der Waals surface area contributed by atoms with Crippen LogP contribution in [0.25, 0.3) is 0 Å². The van der Waals surface area contributed by atoms with E-state index in [2.05, 4.69) is 16.0 Å². The third-order valence-electron chi connectivity index (χ3n) is 9.76. The number of rotatable bonds is 20. The van der Waals surface area contributed by atoms with Crippen molar-refractivity contribution in [2.45, 2.75) is 97.6 Å². The quantitative estimate of drug-likeness (QED) is 0.104. The summed E-state index contributed by atoms with van der Waals surface area (Å²) >= 11 is 0. The Hall–Kier alpha value is -5.11. The second-order valence-electron chi connectivity index (χ2n) is 14.5. The van der Waals surface area contributed by atoms with Crippen molar-refractivity contribution in [2.24, 2.45) is 23.0 Å². The number of carboxylic acids is 2. The van der Waals surface area contributed by atoms with Crippen LogP contribution in [0.4, 0.5) is 16.2 Å². The first-order valence-corrected chi connectivity index (χ1v) is 18.1. The van der Waals surface area contributed by atoms with E-state index in [4.69, 9.17) is 5.73 Å². The van der Waals surface area contributed by atoms with Gasteiger partial charge in [0.15, 0.2) is 5.78 Å². The largest absolute Gasteiger partial charge is 0.481 e. The Morgan fingerprint density at radius 3 is 2.23 bits per heavy atom. The number of para-hydroxylation sites is 1. The average Bonchev–Trinajstić information content (AvgIpc) is 3.59. The first kappa shape index (κ1) is 42.3. The maximum atomic E-state index is 13.9. The van der Waals surface area contributed by atoms with Crippen LogP contribution in [0.2, 0.25) is 0 Å². The minimum Gasteiger partial charge on any atom is -0.481 e. The molecule has 14 heteroatoms. The van der Waals surface area contributed by atoms with Gasteiger partial charge in [-0.3, -0.25) is 24.0 Å². The molecule has 0 saturated carbocycles. The molecule has 7 N–H and O–H groups in total. The molecule has 1 heterocycles. The van der Waals surface area contributed by atoms with Gasteiger partial charge in [0.25, 0.3) is 0 Å². The zero-order valence-electron chi connectivity index (χ0n) is 31.0. The molecular weight excluding hydrogens is 682 g/mol. The normalized spacial score (nSPS) is 16.3. The Bertz CT molecular complexity index is 1640. The number of carbonyl (C=O) groups is 7.